The molecule has 2 rings (SSSR count). The van der Waals surface area contributed by atoms with Gasteiger partial charge in [0.05, 0.1) is 4.47 Å². The van der Waals surface area contributed by atoms with E-state index >= 15 is 0 Å². The largest absolute Gasteiger partial charge is 0.508 e. The van der Waals surface area contributed by atoms with Crippen molar-refractivity contribution < 1.29 is 20.4 Å². The summed E-state index contributed by atoms with van der Waals surface area (Å²) in [7, 11) is 1.80. The zero-order chi connectivity index (χ0) is 18.7. The second kappa shape index (κ2) is 7.76. The molecule has 2 aromatic carbocycles. The van der Waals surface area contributed by atoms with Crippen molar-refractivity contribution in [3.8, 4) is 23.0 Å². The molecule has 0 radical (unpaired) electrons. The van der Waals surface area contributed by atoms with Crippen LogP contribution in [0.2, 0.25) is 0 Å². The van der Waals surface area contributed by atoms with E-state index in [9.17, 15) is 20.4 Å². The fourth-order valence-electron chi connectivity index (χ4n) is 2.18. The van der Waals surface area contributed by atoms with Crippen LogP contribution in [-0.2, 0) is 6.54 Å². The number of rotatable bonds is 4. The number of hydrogen-bond donors (Lipinski definition) is 4. The van der Waals surface area contributed by atoms with E-state index in [1.807, 2.05) is 0 Å². The van der Waals surface area contributed by atoms with Gasteiger partial charge in [0, 0.05) is 19.2 Å². The Morgan fingerprint density at radius 3 is 2.24 bits per heavy atom. The quantitative estimate of drug-likeness (QED) is 0.337. The van der Waals surface area contributed by atoms with Crippen molar-refractivity contribution in [2.45, 2.75) is 13.5 Å². The number of likely N-dealkylation sites (N-methyl/N-ethyl adjacent to an activating group) is 1. The first-order valence-corrected chi connectivity index (χ1v) is 8.55. The molecule has 0 heterocycles. The van der Waals surface area contributed by atoms with Crippen LogP contribution in [0.3, 0.4) is 0 Å². The molecule has 0 aliphatic rings. The number of halogens is 1. The maximum absolute atomic E-state index is 9.78. The van der Waals surface area contributed by atoms with E-state index in [1.54, 1.807) is 49.2 Å². The first-order chi connectivity index (χ1) is 11.7. The third-order valence-electron chi connectivity index (χ3n) is 3.69. The topological polar surface area (TPSA) is 84.2 Å². The zero-order valence-corrected chi connectivity index (χ0v) is 16.1. The molecule has 0 saturated carbocycles. The maximum atomic E-state index is 9.78. The zero-order valence-electron chi connectivity index (χ0n) is 13.7. The van der Waals surface area contributed by atoms with Gasteiger partial charge in [0.1, 0.15) is 16.5 Å². The van der Waals surface area contributed by atoms with E-state index in [2.05, 4.69) is 15.9 Å². The van der Waals surface area contributed by atoms with Crippen molar-refractivity contribution in [3.63, 3.8) is 0 Å². The second-order valence-electron chi connectivity index (χ2n) is 5.66. The third-order valence-corrected chi connectivity index (χ3v) is 4.74. The molecule has 0 fully saturated rings. The molecule has 0 aliphatic carbocycles. The first kappa shape index (κ1) is 19.1. The number of thiocarbonyl (C=S) groups is 1. The van der Waals surface area contributed by atoms with Gasteiger partial charge in [-0.2, -0.15) is 0 Å². The van der Waals surface area contributed by atoms with Crippen molar-refractivity contribution in [2.75, 3.05) is 7.05 Å². The highest BCUT2D eigenvalue weighted by Gasteiger charge is 2.09. The van der Waals surface area contributed by atoms with Crippen molar-refractivity contribution in [3.05, 3.63) is 51.5 Å². The van der Waals surface area contributed by atoms with Crippen LogP contribution in [0.5, 0.6) is 23.0 Å². The molecule has 0 atom stereocenters. The minimum Gasteiger partial charge on any atom is -0.508 e. The highest BCUT2D eigenvalue weighted by atomic mass is 79.9. The summed E-state index contributed by atoms with van der Waals surface area (Å²) < 4.78 is 0.386. The number of phenols is 4. The predicted octanol–water partition coefficient (Wildman–Crippen LogP) is 4.05. The smallest absolute Gasteiger partial charge is 0.171 e. The van der Waals surface area contributed by atoms with Gasteiger partial charge in [-0.1, -0.05) is 18.3 Å². The maximum Gasteiger partial charge on any atom is 0.171 e. The predicted molar refractivity (Wildman–Crippen MR) is 105 cm³/mol. The molecule has 0 amide bonds. The number of aromatic hydroxyl groups is 4. The number of nitrogens with zero attached hydrogens (tertiary/aromatic N) is 1. The Balaban J connectivity index is 2.10. The van der Waals surface area contributed by atoms with Crippen LogP contribution in [0.15, 0.2) is 34.8 Å². The normalized spacial score (nSPS) is 11.0. The lowest BCUT2D eigenvalue weighted by Gasteiger charge is -2.18. The fourth-order valence-corrected chi connectivity index (χ4v) is 2.78. The third kappa shape index (κ3) is 4.64. The SMILES string of the molecule is Cc1c(O)cc(CN(C)C(=S)/C=C/c2cc(O)c(O)c(Br)c2)cc1O. The number of benzene rings is 2. The molecule has 5 nitrogen and oxygen atoms in total. The Morgan fingerprint density at radius 2 is 1.68 bits per heavy atom. The number of phenolic OH excluding ortho intramolecular Hbond substituents is 4. The molecule has 0 aromatic heterocycles. The minimum atomic E-state index is -0.223. The van der Waals surface area contributed by atoms with E-state index in [4.69, 9.17) is 12.2 Å². The van der Waals surface area contributed by atoms with Crippen molar-refractivity contribution in [1.29, 1.82) is 0 Å². The molecule has 0 saturated heterocycles. The Kier molecular flexibility index (Phi) is 5.92. The molecule has 0 spiro atoms. The van der Waals surface area contributed by atoms with Crippen molar-refractivity contribution in [1.82, 2.24) is 4.90 Å². The summed E-state index contributed by atoms with van der Waals surface area (Å²) in [6, 6.07) is 6.26. The van der Waals surface area contributed by atoms with Gasteiger partial charge in [0.2, 0.25) is 0 Å². The summed E-state index contributed by atoms with van der Waals surface area (Å²) in [6.45, 7) is 2.05. The molecule has 25 heavy (non-hydrogen) atoms. The van der Waals surface area contributed by atoms with Gasteiger partial charge in [0.25, 0.3) is 0 Å². The molecule has 0 bridgehead atoms. The summed E-state index contributed by atoms with van der Waals surface area (Å²) >= 11 is 8.51. The Hall–Kier alpha value is -2.25. The Morgan fingerprint density at radius 1 is 1.08 bits per heavy atom. The summed E-state index contributed by atoms with van der Waals surface area (Å²) in [4.78, 5) is 2.31. The van der Waals surface area contributed by atoms with Crippen LogP contribution in [0.1, 0.15) is 16.7 Å². The summed E-state index contributed by atoms with van der Waals surface area (Å²) in [5.74, 6) is -0.363. The molecule has 4 N–H and O–H groups in total. The Bertz CT molecular complexity index is 805. The van der Waals surface area contributed by atoms with Crippen LogP contribution >= 0.6 is 28.1 Å². The van der Waals surface area contributed by atoms with E-state index in [1.165, 1.54) is 6.07 Å². The van der Waals surface area contributed by atoms with Gasteiger partial charge in [-0.05, 0) is 64.3 Å². The highest BCUT2D eigenvalue weighted by Crippen LogP contribution is 2.34. The molecule has 2 aromatic rings. The highest BCUT2D eigenvalue weighted by molar-refractivity contribution is 9.10. The van der Waals surface area contributed by atoms with Crippen LogP contribution < -0.4 is 0 Å². The van der Waals surface area contributed by atoms with Crippen molar-refractivity contribution >= 4 is 39.2 Å². The lowest BCUT2D eigenvalue weighted by atomic mass is 10.1. The standard InChI is InChI=1S/C18H18BrNO4S/c1-10-14(21)7-12(8-15(10)22)9-20(2)17(25)4-3-11-5-13(19)18(24)16(23)6-11/h3-8,21-24H,9H2,1-2H3/b4-3+. The first-order valence-electron chi connectivity index (χ1n) is 7.35. The second-order valence-corrected chi connectivity index (χ2v) is 6.93. The van der Waals surface area contributed by atoms with Gasteiger partial charge in [-0.3, -0.25) is 0 Å². The van der Waals surface area contributed by atoms with Crippen LogP contribution in [0.4, 0.5) is 0 Å². The van der Waals surface area contributed by atoms with Gasteiger partial charge in [-0.15, -0.1) is 0 Å². The van der Waals surface area contributed by atoms with E-state index in [-0.39, 0.29) is 23.0 Å². The van der Waals surface area contributed by atoms with Gasteiger partial charge in [0.15, 0.2) is 11.5 Å². The lowest BCUT2D eigenvalue weighted by Crippen LogP contribution is -2.22. The van der Waals surface area contributed by atoms with Crippen molar-refractivity contribution in [2.24, 2.45) is 0 Å². The average Bonchev–Trinajstić information content (AvgIpc) is 2.55. The number of hydrogen-bond acceptors (Lipinski definition) is 5. The van der Waals surface area contributed by atoms with E-state index < -0.39 is 0 Å². The summed E-state index contributed by atoms with van der Waals surface area (Å²) in [6.07, 6.45) is 3.41. The fraction of sp³-hybridized carbons (Fsp3) is 0.167. The van der Waals surface area contributed by atoms with Crippen LogP contribution in [0.25, 0.3) is 6.08 Å². The average molecular weight is 424 g/mol. The molecule has 0 aliphatic heterocycles. The van der Waals surface area contributed by atoms with Gasteiger partial charge < -0.3 is 25.3 Å². The van der Waals surface area contributed by atoms with Gasteiger partial charge >= 0.3 is 0 Å². The summed E-state index contributed by atoms with van der Waals surface area (Å²) in [5.41, 5.74) is 1.83. The lowest BCUT2D eigenvalue weighted by molar-refractivity contribution is 0.401. The molecular formula is C18H18BrNO4S. The van der Waals surface area contributed by atoms with Crippen LogP contribution in [-0.4, -0.2) is 37.4 Å². The van der Waals surface area contributed by atoms with Gasteiger partial charge in [-0.25, -0.2) is 0 Å². The van der Waals surface area contributed by atoms with E-state index in [0.29, 0.717) is 27.1 Å². The molecule has 132 valence electrons. The summed E-state index contributed by atoms with van der Waals surface area (Å²) in [5, 5.41) is 38.7. The van der Waals surface area contributed by atoms with E-state index in [0.717, 1.165) is 5.56 Å². The molecular weight excluding hydrogens is 406 g/mol. The minimum absolute atomic E-state index is 0.0364. The van der Waals surface area contributed by atoms with Crippen LogP contribution in [0, 0.1) is 6.92 Å². The monoisotopic (exact) mass is 423 g/mol. The molecule has 7 heteroatoms. The Labute approximate surface area is 159 Å². The molecule has 0 unspecified atom stereocenters.